The molecular formula is C19H30NO2S+. The van der Waals surface area contributed by atoms with E-state index in [1.54, 1.807) is 11.3 Å². The van der Waals surface area contributed by atoms with Crippen molar-refractivity contribution in [2.75, 3.05) is 27.2 Å². The van der Waals surface area contributed by atoms with E-state index in [4.69, 9.17) is 4.74 Å². The van der Waals surface area contributed by atoms with E-state index in [0.29, 0.717) is 0 Å². The number of nitrogens with zero attached hydrogens (tertiary/aromatic N) is 1. The molecule has 128 valence electrons. The monoisotopic (exact) mass is 336 g/mol. The largest absolute Gasteiger partial charge is 0.461 e. The lowest BCUT2D eigenvalue weighted by molar-refractivity contribution is -0.896. The van der Waals surface area contributed by atoms with Gasteiger partial charge in [0.1, 0.15) is 11.5 Å². The van der Waals surface area contributed by atoms with E-state index in [1.807, 2.05) is 0 Å². The Morgan fingerprint density at radius 2 is 1.83 bits per heavy atom. The third-order valence-electron chi connectivity index (χ3n) is 5.73. The summed E-state index contributed by atoms with van der Waals surface area (Å²) in [7, 11) is 4.52. The van der Waals surface area contributed by atoms with Crippen molar-refractivity contribution in [3.8, 4) is 0 Å². The SMILES string of the molecule is C[N+]1(C)CCC(OC(=O)C2(c3cccs3)CCCCCC2)CC1. The molecule has 1 aromatic rings. The zero-order chi connectivity index (χ0) is 16.3. The van der Waals surface area contributed by atoms with Gasteiger partial charge < -0.3 is 9.22 Å². The number of quaternary nitrogens is 1. The van der Waals surface area contributed by atoms with Crippen LogP contribution in [0.2, 0.25) is 0 Å². The first-order valence-corrected chi connectivity index (χ1v) is 9.97. The Bertz CT molecular complexity index is 505. The molecule has 23 heavy (non-hydrogen) atoms. The minimum Gasteiger partial charge on any atom is -0.461 e. The molecule has 0 atom stereocenters. The molecule has 1 aliphatic heterocycles. The molecule has 2 fully saturated rings. The summed E-state index contributed by atoms with van der Waals surface area (Å²) in [5.74, 6) is 0.0547. The molecule has 1 aromatic heterocycles. The first kappa shape index (κ1) is 17.0. The van der Waals surface area contributed by atoms with E-state index in [9.17, 15) is 4.79 Å². The zero-order valence-corrected chi connectivity index (χ0v) is 15.4. The number of hydrogen-bond donors (Lipinski definition) is 0. The van der Waals surface area contributed by atoms with Gasteiger partial charge in [-0.05, 0) is 24.3 Å². The molecular weight excluding hydrogens is 306 g/mol. The van der Waals surface area contributed by atoms with Gasteiger partial charge in [-0.1, -0.05) is 31.7 Å². The fourth-order valence-corrected chi connectivity index (χ4v) is 5.03. The summed E-state index contributed by atoms with van der Waals surface area (Å²) >= 11 is 1.72. The lowest BCUT2D eigenvalue weighted by atomic mass is 9.79. The minimum absolute atomic E-state index is 0.0547. The van der Waals surface area contributed by atoms with E-state index >= 15 is 0 Å². The number of ether oxygens (including phenoxy) is 1. The van der Waals surface area contributed by atoms with Crippen molar-refractivity contribution in [1.29, 1.82) is 0 Å². The average Bonchev–Trinajstić information content (AvgIpc) is 2.95. The van der Waals surface area contributed by atoms with Gasteiger partial charge in [0, 0.05) is 17.7 Å². The summed E-state index contributed by atoms with van der Waals surface area (Å²) in [6.07, 6.45) is 8.81. The highest BCUT2D eigenvalue weighted by Crippen LogP contribution is 2.42. The fourth-order valence-electron chi connectivity index (χ4n) is 4.06. The molecule has 3 rings (SSSR count). The highest BCUT2D eigenvalue weighted by atomic mass is 32.1. The summed E-state index contributed by atoms with van der Waals surface area (Å²) in [5, 5.41) is 2.09. The Kier molecular flexibility index (Phi) is 5.12. The molecule has 2 aliphatic rings. The van der Waals surface area contributed by atoms with Crippen LogP contribution in [0.15, 0.2) is 17.5 Å². The average molecular weight is 337 g/mol. The van der Waals surface area contributed by atoms with Crippen molar-refractivity contribution in [2.45, 2.75) is 62.9 Å². The van der Waals surface area contributed by atoms with Crippen molar-refractivity contribution in [1.82, 2.24) is 0 Å². The topological polar surface area (TPSA) is 26.3 Å². The van der Waals surface area contributed by atoms with Gasteiger partial charge in [-0.2, -0.15) is 0 Å². The smallest absolute Gasteiger partial charge is 0.317 e. The van der Waals surface area contributed by atoms with Crippen molar-refractivity contribution in [3.63, 3.8) is 0 Å². The maximum absolute atomic E-state index is 13.2. The van der Waals surface area contributed by atoms with Gasteiger partial charge in [-0.15, -0.1) is 11.3 Å². The maximum atomic E-state index is 13.2. The Morgan fingerprint density at radius 3 is 2.39 bits per heavy atom. The molecule has 0 spiro atoms. The Morgan fingerprint density at radius 1 is 1.17 bits per heavy atom. The number of thiophene rings is 1. The summed E-state index contributed by atoms with van der Waals surface area (Å²) in [6.45, 7) is 2.20. The number of carbonyl (C=O) groups excluding carboxylic acids is 1. The predicted octanol–water partition coefficient (Wildman–Crippen LogP) is 4.12. The molecule has 1 saturated heterocycles. The molecule has 1 saturated carbocycles. The first-order valence-electron chi connectivity index (χ1n) is 9.09. The summed E-state index contributed by atoms with van der Waals surface area (Å²) < 4.78 is 7.11. The van der Waals surface area contributed by atoms with Crippen LogP contribution in [0.4, 0.5) is 0 Å². The standard InChI is InChI=1S/C19H30NO2S/c1-20(2)13-9-16(10-14-20)22-18(21)19(17-8-7-15-23-17)11-5-3-4-6-12-19/h7-8,15-16H,3-6,9-14H2,1-2H3/q+1. The zero-order valence-electron chi connectivity index (χ0n) is 14.6. The van der Waals surface area contributed by atoms with Crippen LogP contribution in [0.1, 0.15) is 56.2 Å². The number of piperidine rings is 1. The summed E-state index contributed by atoms with van der Waals surface area (Å²) in [6, 6.07) is 4.21. The highest BCUT2D eigenvalue weighted by molar-refractivity contribution is 7.10. The number of rotatable bonds is 3. The van der Waals surface area contributed by atoms with Gasteiger partial charge in [0.05, 0.1) is 27.2 Å². The number of carbonyl (C=O) groups is 1. The Balaban J connectivity index is 1.73. The molecule has 0 aromatic carbocycles. The van der Waals surface area contributed by atoms with Crippen LogP contribution in [0.25, 0.3) is 0 Å². The maximum Gasteiger partial charge on any atom is 0.317 e. The molecule has 0 bridgehead atoms. The second-order valence-electron chi connectivity index (χ2n) is 7.96. The van der Waals surface area contributed by atoms with E-state index in [0.717, 1.165) is 56.1 Å². The van der Waals surface area contributed by atoms with Crippen molar-refractivity contribution < 1.29 is 14.0 Å². The van der Waals surface area contributed by atoms with Crippen molar-refractivity contribution in [3.05, 3.63) is 22.4 Å². The van der Waals surface area contributed by atoms with Crippen LogP contribution in [0.3, 0.4) is 0 Å². The van der Waals surface area contributed by atoms with Gasteiger partial charge in [0.25, 0.3) is 0 Å². The molecule has 0 amide bonds. The van der Waals surface area contributed by atoms with E-state index in [1.165, 1.54) is 17.7 Å². The van der Waals surface area contributed by atoms with E-state index in [2.05, 4.69) is 31.6 Å². The van der Waals surface area contributed by atoms with Crippen LogP contribution in [0.5, 0.6) is 0 Å². The number of hydrogen-bond acceptors (Lipinski definition) is 3. The fraction of sp³-hybridized carbons (Fsp3) is 0.737. The molecule has 0 unspecified atom stereocenters. The van der Waals surface area contributed by atoms with E-state index in [-0.39, 0.29) is 17.5 Å². The summed E-state index contributed by atoms with van der Waals surface area (Å²) in [5.41, 5.74) is -0.369. The van der Waals surface area contributed by atoms with Gasteiger partial charge in [0.2, 0.25) is 0 Å². The molecule has 0 N–H and O–H groups in total. The molecule has 2 heterocycles. The molecule has 0 radical (unpaired) electrons. The van der Waals surface area contributed by atoms with Crippen LogP contribution in [-0.2, 0) is 14.9 Å². The number of likely N-dealkylation sites (tertiary alicyclic amines) is 1. The normalized spacial score (nSPS) is 24.8. The lowest BCUT2D eigenvalue weighted by Gasteiger charge is -2.38. The number of esters is 1. The van der Waals surface area contributed by atoms with Gasteiger partial charge in [-0.3, -0.25) is 4.79 Å². The second-order valence-corrected chi connectivity index (χ2v) is 8.91. The Hall–Kier alpha value is -0.870. The highest BCUT2D eigenvalue weighted by Gasteiger charge is 2.44. The summed E-state index contributed by atoms with van der Waals surface area (Å²) in [4.78, 5) is 14.4. The molecule has 1 aliphatic carbocycles. The first-order chi connectivity index (χ1) is 11.0. The predicted molar refractivity (Wildman–Crippen MR) is 94.7 cm³/mol. The quantitative estimate of drug-likeness (QED) is 0.471. The molecule has 3 nitrogen and oxygen atoms in total. The van der Waals surface area contributed by atoms with Gasteiger partial charge >= 0.3 is 5.97 Å². The van der Waals surface area contributed by atoms with Gasteiger partial charge in [-0.25, -0.2) is 0 Å². The van der Waals surface area contributed by atoms with Crippen LogP contribution < -0.4 is 0 Å². The van der Waals surface area contributed by atoms with E-state index < -0.39 is 0 Å². The third kappa shape index (κ3) is 3.80. The van der Waals surface area contributed by atoms with Crippen molar-refractivity contribution in [2.24, 2.45) is 0 Å². The van der Waals surface area contributed by atoms with Crippen molar-refractivity contribution >= 4 is 17.3 Å². The molecule has 4 heteroatoms. The van der Waals surface area contributed by atoms with Crippen LogP contribution in [0, 0.1) is 0 Å². The third-order valence-corrected chi connectivity index (χ3v) is 6.80. The minimum atomic E-state index is -0.369. The Labute approximate surface area is 144 Å². The van der Waals surface area contributed by atoms with Crippen LogP contribution in [-0.4, -0.2) is 43.7 Å². The second kappa shape index (κ2) is 6.94. The van der Waals surface area contributed by atoms with Gasteiger partial charge in [0.15, 0.2) is 0 Å². The lowest BCUT2D eigenvalue weighted by Crippen LogP contribution is -2.49. The van der Waals surface area contributed by atoms with Crippen LogP contribution >= 0.6 is 11.3 Å².